The van der Waals surface area contributed by atoms with E-state index in [1.807, 2.05) is 43.6 Å². The maximum atomic E-state index is 5.83. The topological polar surface area (TPSA) is 34.1 Å². The highest BCUT2D eigenvalue weighted by Crippen LogP contribution is 2.11. The maximum absolute atomic E-state index is 5.83. The van der Waals surface area contributed by atoms with Crippen LogP contribution < -0.4 is 5.32 Å². The van der Waals surface area contributed by atoms with Gasteiger partial charge < -0.3 is 10.1 Å². The molecule has 1 aromatic heterocycles. The summed E-state index contributed by atoms with van der Waals surface area (Å²) < 4.78 is 5.62. The lowest BCUT2D eigenvalue weighted by atomic mass is 10.2. The van der Waals surface area contributed by atoms with Gasteiger partial charge in [0.1, 0.15) is 0 Å². The Hall–Kier alpha value is -1.42. The molecule has 19 heavy (non-hydrogen) atoms. The van der Waals surface area contributed by atoms with E-state index in [4.69, 9.17) is 16.3 Å². The third-order valence-corrected chi connectivity index (χ3v) is 2.95. The van der Waals surface area contributed by atoms with Crippen LogP contribution in [0.1, 0.15) is 16.8 Å². The van der Waals surface area contributed by atoms with Crippen molar-refractivity contribution in [2.45, 2.75) is 19.8 Å². The number of ether oxygens (including phenoxy) is 1. The molecule has 0 spiro atoms. The van der Waals surface area contributed by atoms with Crippen LogP contribution in [0.5, 0.6) is 0 Å². The average molecular weight is 277 g/mol. The summed E-state index contributed by atoms with van der Waals surface area (Å²) in [6, 6.07) is 11.7. The summed E-state index contributed by atoms with van der Waals surface area (Å²) in [5, 5.41) is 3.83. The molecule has 0 amide bonds. The number of halogens is 1. The van der Waals surface area contributed by atoms with Crippen molar-refractivity contribution >= 4 is 11.6 Å². The Kier molecular flexibility index (Phi) is 5.33. The van der Waals surface area contributed by atoms with E-state index in [1.54, 1.807) is 0 Å². The van der Waals surface area contributed by atoms with Crippen LogP contribution in [-0.4, -0.2) is 12.0 Å². The quantitative estimate of drug-likeness (QED) is 0.880. The van der Waals surface area contributed by atoms with Crippen molar-refractivity contribution in [2.24, 2.45) is 0 Å². The SMILES string of the molecule is CNCc1ccc(COCc2ccc(Cl)cc2)nc1. The number of hydrogen-bond acceptors (Lipinski definition) is 3. The van der Waals surface area contributed by atoms with Crippen LogP contribution in [0, 0.1) is 0 Å². The zero-order valence-electron chi connectivity index (χ0n) is 10.9. The van der Waals surface area contributed by atoms with E-state index >= 15 is 0 Å². The van der Waals surface area contributed by atoms with Crippen molar-refractivity contribution in [1.29, 1.82) is 0 Å². The molecule has 0 aliphatic heterocycles. The van der Waals surface area contributed by atoms with Gasteiger partial charge in [0, 0.05) is 17.8 Å². The normalized spacial score (nSPS) is 10.6. The van der Waals surface area contributed by atoms with E-state index in [0.717, 1.165) is 22.8 Å². The minimum Gasteiger partial charge on any atom is -0.370 e. The lowest BCUT2D eigenvalue weighted by Crippen LogP contribution is -2.05. The molecule has 0 atom stereocenters. The van der Waals surface area contributed by atoms with E-state index in [0.29, 0.717) is 13.2 Å². The van der Waals surface area contributed by atoms with Gasteiger partial charge in [-0.15, -0.1) is 0 Å². The summed E-state index contributed by atoms with van der Waals surface area (Å²) in [6.07, 6.45) is 1.87. The molecule has 4 heteroatoms. The van der Waals surface area contributed by atoms with Gasteiger partial charge in [-0.3, -0.25) is 4.98 Å². The van der Waals surface area contributed by atoms with Gasteiger partial charge in [0.05, 0.1) is 18.9 Å². The summed E-state index contributed by atoms with van der Waals surface area (Å²) in [7, 11) is 1.92. The molecule has 100 valence electrons. The Morgan fingerprint density at radius 2 is 1.79 bits per heavy atom. The van der Waals surface area contributed by atoms with E-state index in [2.05, 4.69) is 16.4 Å². The number of pyridine rings is 1. The van der Waals surface area contributed by atoms with Crippen molar-refractivity contribution in [2.75, 3.05) is 7.05 Å². The van der Waals surface area contributed by atoms with Gasteiger partial charge in [0.2, 0.25) is 0 Å². The molecule has 0 aliphatic carbocycles. The van der Waals surface area contributed by atoms with Crippen molar-refractivity contribution < 1.29 is 4.74 Å². The Morgan fingerprint density at radius 3 is 2.42 bits per heavy atom. The van der Waals surface area contributed by atoms with Crippen molar-refractivity contribution in [3.63, 3.8) is 0 Å². The molecule has 3 nitrogen and oxygen atoms in total. The highest BCUT2D eigenvalue weighted by molar-refractivity contribution is 6.30. The van der Waals surface area contributed by atoms with Gasteiger partial charge in [-0.25, -0.2) is 0 Å². The minimum atomic E-state index is 0.516. The van der Waals surface area contributed by atoms with Gasteiger partial charge in [-0.05, 0) is 36.4 Å². The molecule has 0 bridgehead atoms. The van der Waals surface area contributed by atoms with Crippen LogP contribution in [0.4, 0.5) is 0 Å². The first kappa shape index (κ1) is 14.0. The second-order valence-corrected chi connectivity index (χ2v) is 4.74. The molecule has 0 saturated carbocycles. The summed E-state index contributed by atoms with van der Waals surface area (Å²) in [4.78, 5) is 4.36. The molecule has 0 aliphatic rings. The molecule has 0 saturated heterocycles. The number of aromatic nitrogens is 1. The molecule has 2 aromatic rings. The van der Waals surface area contributed by atoms with Crippen LogP contribution in [-0.2, 0) is 24.5 Å². The van der Waals surface area contributed by atoms with Gasteiger partial charge in [0.25, 0.3) is 0 Å². The Labute approximate surface area is 118 Å². The largest absolute Gasteiger partial charge is 0.370 e. The highest BCUT2D eigenvalue weighted by atomic mass is 35.5. The molecular weight excluding hydrogens is 260 g/mol. The molecule has 1 heterocycles. The zero-order valence-corrected chi connectivity index (χ0v) is 11.7. The average Bonchev–Trinajstić information content (AvgIpc) is 2.43. The van der Waals surface area contributed by atoms with Crippen LogP contribution in [0.3, 0.4) is 0 Å². The minimum absolute atomic E-state index is 0.516. The molecule has 0 unspecified atom stereocenters. The number of hydrogen-bond donors (Lipinski definition) is 1. The fourth-order valence-electron chi connectivity index (χ4n) is 1.70. The number of rotatable bonds is 6. The first-order chi connectivity index (χ1) is 9.28. The van der Waals surface area contributed by atoms with Crippen LogP contribution in [0.15, 0.2) is 42.6 Å². The van der Waals surface area contributed by atoms with Crippen LogP contribution in [0.2, 0.25) is 5.02 Å². The van der Waals surface area contributed by atoms with E-state index in [9.17, 15) is 0 Å². The van der Waals surface area contributed by atoms with Crippen LogP contribution >= 0.6 is 11.6 Å². The van der Waals surface area contributed by atoms with Crippen molar-refractivity contribution in [3.05, 3.63) is 64.4 Å². The second kappa shape index (κ2) is 7.24. The van der Waals surface area contributed by atoms with E-state index < -0.39 is 0 Å². The predicted molar refractivity (Wildman–Crippen MR) is 76.9 cm³/mol. The van der Waals surface area contributed by atoms with E-state index in [1.165, 1.54) is 5.56 Å². The fraction of sp³-hybridized carbons (Fsp3) is 0.267. The van der Waals surface area contributed by atoms with Gasteiger partial charge in [-0.2, -0.15) is 0 Å². The monoisotopic (exact) mass is 276 g/mol. The first-order valence-corrected chi connectivity index (χ1v) is 6.56. The third kappa shape index (κ3) is 4.63. The summed E-state index contributed by atoms with van der Waals surface area (Å²) >= 11 is 5.83. The Morgan fingerprint density at radius 1 is 1.05 bits per heavy atom. The summed E-state index contributed by atoms with van der Waals surface area (Å²) in [5.41, 5.74) is 3.22. The molecular formula is C15H17ClN2O. The third-order valence-electron chi connectivity index (χ3n) is 2.70. The molecule has 0 radical (unpaired) electrons. The van der Waals surface area contributed by atoms with E-state index in [-0.39, 0.29) is 0 Å². The standard InChI is InChI=1S/C15H17ClN2O/c1-17-8-13-4-7-15(18-9-13)11-19-10-12-2-5-14(16)6-3-12/h2-7,9,17H,8,10-11H2,1H3. The first-order valence-electron chi connectivity index (χ1n) is 6.18. The molecule has 2 rings (SSSR count). The zero-order chi connectivity index (χ0) is 13.5. The number of nitrogens with one attached hydrogen (secondary N) is 1. The molecule has 0 fully saturated rings. The van der Waals surface area contributed by atoms with Gasteiger partial charge >= 0.3 is 0 Å². The smallest absolute Gasteiger partial charge is 0.0892 e. The van der Waals surface area contributed by atoms with Crippen molar-refractivity contribution in [3.8, 4) is 0 Å². The maximum Gasteiger partial charge on any atom is 0.0892 e. The number of nitrogens with zero attached hydrogens (tertiary/aromatic N) is 1. The summed E-state index contributed by atoms with van der Waals surface area (Å²) in [6.45, 7) is 1.92. The molecule has 1 N–H and O–H groups in total. The van der Waals surface area contributed by atoms with Gasteiger partial charge in [-0.1, -0.05) is 29.8 Å². The van der Waals surface area contributed by atoms with Crippen LogP contribution in [0.25, 0.3) is 0 Å². The fourth-order valence-corrected chi connectivity index (χ4v) is 1.83. The number of benzene rings is 1. The second-order valence-electron chi connectivity index (χ2n) is 4.31. The Balaban J connectivity index is 1.80. The Bertz CT molecular complexity index is 497. The lowest BCUT2D eigenvalue weighted by Gasteiger charge is -2.05. The highest BCUT2D eigenvalue weighted by Gasteiger charge is 1.98. The van der Waals surface area contributed by atoms with Gasteiger partial charge in [0.15, 0.2) is 0 Å². The molecule has 1 aromatic carbocycles. The summed E-state index contributed by atoms with van der Waals surface area (Å²) in [5.74, 6) is 0. The lowest BCUT2D eigenvalue weighted by molar-refractivity contribution is 0.104. The van der Waals surface area contributed by atoms with Crippen molar-refractivity contribution in [1.82, 2.24) is 10.3 Å². The predicted octanol–water partition coefficient (Wildman–Crippen LogP) is 3.17.